The molecule has 0 bridgehead atoms. The molecule has 1 aliphatic heterocycles. The van der Waals surface area contributed by atoms with Crippen molar-refractivity contribution < 1.29 is 14.7 Å². The first-order valence-corrected chi connectivity index (χ1v) is 8.76. The van der Waals surface area contributed by atoms with Crippen LogP contribution in [0.15, 0.2) is 35.8 Å². The van der Waals surface area contributed by atoms with Crippen LogP contribution in [-0.2, 0) is 6.54 Å². The van der Waals surface area contributed by atoms with Crippen molar-refractivity contribution >= 4 is 23.3 Å². The number of likely N-dealkylation sites (tertiary alicyclic amines) is 1. The zero-order chi connectivity index (χ0) is 16.9. The third kappa shape index (κ3) is 3.91. The molecule has 0 saturated carbocycles. The first kappa shape index (κ1) is 16.4. The van der Waals surface area contributed by atoms with Gasteiger partial charge in [0.25, 0.3) is 0 Å². The molecule has 3 rings (SSSR count). The summed E-state index contributed by atoms with van der Waals surface area (Å²) in [5.74, 6) is -0.494. The summed E-state index contributed by atoms with van der Waals surface area (Å²) in [6, 6.07) is 6.46. The number of aromatic nitrogens is 1. The van der Waals surface area contributed by atoms with Crippen molar-refractivity contribution in [2.24, 2.45) is 0 Å². The predicted molar refractivity (Wildman–Crippen MR) is 91.3 cm³/mol. The molecular formula is C17H19N3O3S. The van der Waals surface area contributed by atoms with Crippen molar-refractivity contribution in [3.8, 4) is 0 Å². The smallest absolute Gasteiger partial charge is 0.335 e. The second-order valence-corrected chi connectivity index (χ2v) is 6.72. The number of carboxylic acid groups (broad SMARTS) is 1. The lowest BCUT2D eigenvalue weighted by molar-refractivity contribution is 0.0697. The molecule has 0 unspecified atom stereocenters. The van der Waals surface area contributed by atoms with Crippen LogP contribution in [0.1, 0.15) is 39.7 Å². The van der Waals surface area contributed by atoms with Crippen LogP contribution in [-0.4, -0.2) is 40.1 Å². The Morgan fingerprint density at radius 3 is 2.54 bits per heavy atom. The molecule has 2 aromatic rings. The Balaban J connectivity index is 1.46. The average molecular weight is 345 g/mol. The molecule has 2 amide bonds. The molecule has 1 aliphatic rings. The van der Waals surface area contributed by atoms with E-state index in [2.05, 4.69) is 10.3 Å². The first-order valence-electron chi connectivity index (χ1n) is 7.88. The normalized spacial score (nSPS) is 15.2. The van der Waals surface area contributed by atoms with Crippen molar-refractivity contribution in [1.82, 2.24) is 15.2 Å². The summed E-state index contributed by atoms with van der Waals surface area (Å²) >= 11 is 1.68. The predicted octanol–water partition coefficient (Wildman–Crippen LogP) is 2.93. The molecule has 0 atom stereocenters. The van der Waals surface area contributed by atoms with E-state index in [9.17, 15) is 9.59 Å². The van der Waals surface area contributed by atoms with Gasteiger partial charge in [-0.3, -0.25) is 0 Å². The molecule has 126 valence electrons. The van der Waals surface area contributed by atoms with E-state index in [0.29, 0.717) is 12.5 Å². The van der Waals surface area contributed by atoms with E-state index < -0.39 is 5.97 Å². The third-order valence-corrected chi connectivity index (χ3v) is 5.17. The summed E-state index contributed by atoms with van der Waals surface area (Å²) in [7, 11) is 0. The molecule has 1 fully saturated rings. The van der Waals surface area contributed by atoms with Crippen LogP contribution in [0.2, 0.25) is 0 Å². The Morgan fingerprint density at radius 2 is 1.96 bits per heavy atom. The molecule has 24 heavy (non-hydrogen) atoms. The van der Waals surface area contributed by atoms with Gasteiger partial charge in [0, 0.05) is 37.1 Å². The fourth-order valence-corrected chi connectivity index (χ4v) is 3.63. The second-order valence-electron chi connectivity index (χ2n) is 5.79. The SMILES string of the molecule is O=C(O)c1ccc(CNC(=O)N2CCC(c3nccs3)CC2)cc1. The summed E-state index contributed by atoms with van der Waals surface area (Å²) < 4.78 is 0. The van der Waals surface area contributed by atoms with Crippen molar-refractivity contribution in [3.63, 3.8) is 0 Å². The number of carbonyl (C=O) groups is 2. The number of benzene rings is 1. The summed E-state index contributed by atoms with van der Waals surface area (Å²) in [6.45, 7) is 1.85. The van der Waals surface area contributed by atoms with Gasteiger partial charge in [0.1, 0.15) is 0 Å². The summed E-state index contributed by atoms with van der Waals surface area (Å²) in [5.41, 5.74) is 1.13. The lowest BCUT2D eigenvalue weighted by Gasteiger charge is -2.31. The Kier molecular flexibility index (Phi) is 5.10. The van der Waals surface area contributed by atoms with E-state index in [1.807, 2.05) is 16.5 Å². The number of carboxylic acids is 1. The number of amides is 2. The lowest BCUT2D eigenvalue weighted by Crippen LogP contribution is -2.43. The lowest BCUT2D eigenvalue weighted by atomic mass is 9.98. The van der Waals surface area contributed by atoms with Crippen LogP contribution in [0.4, 0.5) is 4.79 Å². The van der Waals surface area contributed by atoms with Gasteiger partial charge in [-0.2, -0.15) is 0 Å². The fraction of sp³-hybridized carbons (Fsp3) is 0.353. The highest BCUT2D eigenvalue weighted by Crippen LogP contribution is 2.29. The third-order valence-electron chi connectivity index (χ3n) is 4.23. The first-order chi connectivity index (χ1) is 11.6. The highest BCUT2D eigenvalue weighted by atomic mass is 32.1. The van der Waals surface area contributed by atoms with Gasteiger partial charge >= 0.3 is 12.0 Å². The fourth-order valence-electron chi connectivity index (χ4n) is 2.82. The van der Waals surface area contributed by atoms with Crippen molar-refractivity contribution in [2.75, 3.05) is 13.1 Å². The van der Waals surface area contributed by atoms with Crippen molar-refractivity contribution in [2.45, 2.75) is 25.3 Å². The minimum Gasteiger partial charge on any atom is -0.478 e. The second kappa shape index (κ2) is 7.44. The van der Waals surface area contributed by atoms with Crippen LogP contribution in [0, 0.1) is 0 Å². The van der Waals surface area contributed by atoms with Gasteiger partial charge in [-0.25, -0.2) is 14.6 Å². The molecule has 6 nitrogen and oxygen atoms in total. The van der Waals surface area contributed by atoms with Crippen LogP contribution in [0.25, 0.3) is 0 Å². The Hall–Kier alpha value is -2.41. The number of piperidine rings is 1. The maximum absolute atomic E-state index is 12.2. The molecule has 1 saturated heterocycles. The van der Waals surface area contributed by atoms with Crippen LogP contribution in [0.3, 0.4) is 0 Å². The number of carbonyl (C=O) groups excluding carboxylic acids is 1. The number of thiazole rings is 1. The van der Waals surface area contributed by atoms with E-state index in [0.717, 1.165) is 36.5 Å². The number of hydrogen-bond acceptors (Lipinski definition) is 4. The van der Waals surface area contributed by atoms with Gasteiger partial charge in [-0.15, -0.1) is 11.3 Å². The molecule has 2 heterocycles. The molecule has 1 aromatic heterocycles. The van der Waals surface area contributed by atoms with E-state index in [-0.39, 0.29) is 11.6 Å². The maximum atomic E-state index is 12.2. The summed E-state index contributed by atoms with van der Waals surface area (Å²) in [5, 5.41) is 14.9. The topological polar surface area (TPSA) is 82.5 Å². The zero-order valence-electron chi connectivity index (χ0n) is 13.1. The average Bonchev–Trinajstić information content (AvgIpc) is 3.15. The van der Waals surface area contributed by atoms with E-state index >= 15 is 0 Å². The Morgan fingerprint density at radius 1 is 1.25 bits per heavy atom. The van der Waals surface area contributed by atoms with Gasteiger partial charge in [-0.1, -0.05) is 12.1 Å². The minimum absolute atomic E-state index is 0.0742. The van der Waals surface area contributed by atoms with E-state index in [1.54, 1.807) is 35.6 Å². The van der Waals surface area contributed by atoms with E-state index in [4.69, 9.17) is 5.11 Å². The molecular weight excluding hydrogens is 326 g/mol. The maximum Gasteiger partial charge on any atom is 0.335 e. The highest BCUT2D eigenvalue weighted by Gasteiger charge is 2.24. The molecule has 1 aromatic carbocycles. The van der Waals surface area contributed by atoms with Gasteiger partial charge in [0.15, 0.2) is 0 Å². The number of nitrogens with zero attached hydrogens (tertiary/aromatic N) is 2. The Labute approximate surface area is 144 Å². The number of nitrogens with one attached hydrogen (secondary N) is 1. The Bertz CT molecular complexity index is 692. The van der Waals surface area contributed by atoms with Crippen LogP contribution in [0.5, 0.6) is 0 Å². The molecule has 0 aliphatic carbocycles. The van der Waals surface area contributed by atoms with Crippen LogP contribution < -0.4 is 5.32 Å². The zero-order valence-corrected chi connectivity index (χ0v) is 14.0. The van der Waals surface area contributed by atoms with Gasteiger partial charge in [0.2, 0.25) is 0 Å². The van der Waals surface area contributed by atoms with Crippen molar-refractivity contribution in [1.29, 1.82) is 0 Å². The van der Waals surface area contributed by atoms with Gasteiger partial charge in [0.05, 0.1) is 10.6 Å². The molecule has 2 N–H and O–H groups in total. The van der Waals surface area contributed by atoms with Crippen LogP contribution >= 0.6 is 11.3 Å². The molecule has 0 radical (unpaired) electrons. The quantitative estimate of drug-likeness (QED) is 0.892. The summed E-state index contributed by atoms with van der Waals surface area (Å²) in [6.07, 6.45) is 3.71. The van der Waals surface area contributed by atoms with Gasteiger partial charge < -0.3 is 15.3 Å². The van der Waals surface area contributed by atoms with E-state index in [1.165, 1.54) is 0 Å². The van der Waals surface area contributed by atoms with Gasteiger partial charge in [-0.05, 0) is 30.5 Å². The monoisotopic (exact) mass is 345 g/mol. The minimum atomic E-state index is -0.950. The molecule has 7 heteroatoms. The number of urea groups is 1. The number of aromatic carboxylic acids is 1. The van der Waals surface area contributed by atoms with Crippen molar-refractivity contribution in [3.05, 3.63) is 52.0 Å². The largest absolute Gasteiger partial charge is 0.478 e. The standard InChI is InChI=1S/C17H19N3O3S/c21-16(22)14-3-1-12(2-4-14)11-19-17(23)20-8-5-13(6-9-20)15-18-7-10-24-15/h1-4,7,10,13H,5-6,8-9,11H2,(H,19,23)(H,21,22). The highest BCUT2D eigenvalue weighted by molar-refractivity contribution is 7.09. The number of hydrogen-bond donors (Lipinski definition) is 2. The summed E-state index contributed by atoms with van der Waals surface area (Å²) in [4.78, 5) is 29.3. The number of rotatable bonds is 4. The molecule has 0 spiro atoms.